The number of oxime groups is 1. The number of amides is 1. The Morgan fingerprint density at radius 2 is 1.88 bits per heavy atom. The van der Waals surface area contributed by atoms with E-state index in [1.54, 1.807) is 43.5 Å². The van der Waals surface area contributed by atoms with Gasteiger partial charge in [-0.25, -0.2) is 0 Å². The first-order valence-electron chi connectivity index (χ1n) is 7.73. The monoisotopic (exact) mass is 394 g/mol. The van der Waals surface area contributed by atoms with E-state index >= 15 is 0 Å². The van der Waals surface area contributed by atoms with Crippen LogP contribution in [0.2, 0.25) is 10.0 Å². The summed E-state index contributed by atoms with van der Waals surface area (Å²) in [6, 6.07) is 10.3. The topological polar surface area (TPSA) is 69.2 Å². The molecular weight excluding hydrogens is 379 g/mol. The number of rotatable bonds is 5. The Morgan fingerprint density at radius 3 is 2.58 bits per heavy atom. The van der Waals surface area contributed by atoms with Crippen molar-refractivity contribution in [3.63, 3.8) is 0 Å². The summed E-state index contributed by atoms with van der Waals surface area (Å²) in [6.45, 7) is 0. The van der Waals surface area contributed by atoms with Crippen LogP contribution in [-0.4, -0.2) is 31.9 Å². The summed E-state index contributed by atoms with van der Waals surface area (Å²) < 4.78 is 10.4. The van der Waals surface area contributed by atoms with Crippen LogP contribution in [-0.2, 0) is 9.63 Å². The molecule has 136 valence electrons. The van der Waals surface area contributed by atoms with Crippen LogP contribution in [0.25, 0.3) is 0 Å². The summed E-state index contributed by atoms with van der Waals surface area (Å²) in [5, 5.41) is 7.65. The molecule has 2 aromatic carbocycles. The van der Waals surface area contributed by atoms with Gasteiger partial charge in [-0.3, -0.25) is 4.79 Å². The van der Waals surface area contributed by atoms with Crippen molar-refractivity contribution < 1.29 is 19.1 Å². The molecule has 26 heavy (non-hydrogen) atoms. The second kappa shape index (κ2) is 7.85. The summed E-state index contributed by atoms with van der Waals surface area (Å²) in [5.41, 5.74) is 1.97. The van der Waals surface area contributed by atoms with Gasteiger partial charge in [-0.1, -0.05) is 34.4 Å². The molecule has 1 heterocycles. The maximum absolute atomic E-state index is 12.4. The van der Waals surface area contributed by atoms with Crippen LogP contribution in [0.3, 0.4) is 0 Å². The molecule has 1 N–H and O–H groups in total. The van der Waals surface area contributed by atoms with E-state index < -0.39 is 6.10 Å². The predicted octanol–water partition coefficient (Wildman–Crippen LogP) is 4.14. The van der Waals surface area contributed by atoms with Crippen LogP contribution in [0, 0.1) is 0 Å². The number of nitrogens with zero attached hydrogens (tertiary/aromatic N) is 1. The molecule has 0 spiro atoms. The predicted molar refractivity (Wildman–Crippen MR) is 101 cm³/mol. The van der Waals surface area contributed by atoms with Gasteiger partial charge in [0.05, 0.1) is 30.0 Å². The summed E-state index contributed by atoms with van der Waals surface area (Å²) >= 11 is 11.9. The van der Waals surface area contributed by atoms with Crippen molar-refractivity contribution in [1.82, 2.24) is 0 Å². The number of methoxy groups -OCH3 is 2. The Bertz CT molecular complexity index is 870. The lowest BCUT2D eigenvalue weighted by Crippen LogP contribution is -2.28. The first-order valence-corrected chi connectivity index (χ1v) is 8.48. The van der Waals surface area contributed by atoms with Crippen LogP contribution in [0.1, 0.15) is 12.0 Å². The van der Waals surface area contributed by atoms with Gasteiger partial charge in [0, 0.05) is 23.7 Å². The molecule has 0 bridgehead atoms. The molecule has 0 saturated carbocycles. The highest BCUT2D eigenvalue weighted by atomic mass is 35.5. The molecule has 1 aliphatic rings. The van der Waals surface area contributed by atoms with E-state index in [-0.39, 0.29) is 5.91 Å². The molecule has 8 heteroatoms. The highest BCUT2D eigenvalue weighted by Crippen LogP contribution is 2.30. The Hall–Kier alpha value is -2.44. The van der Waals surface area contributed by atoms with Crippen molar-refractivity contribution in [2.75, 3.05) is 19.5 Å². The van der Waals surface area contributed by atoms with Gasteiger partial charge in [0.1, 0.15) is 0 Å². The molecule has 0 unspecified atom stereocenters. The van der Waals surface area contributed by atoms with Gasteiger partial charge in [0.2, 0.25) is 6.10 Å². The SMILES string of the molecule is COc1ccc(NC(=O)[C@H]2CC(c3ccc(Cl)c(Cl)c3)=NO2)cc1OC. The molecule has 2 aromatic rings. The summed E-state index contributed by atoms with van der Waals surface area (Å²) in [7, 11) is 3.07. The number of halogens is 2. The zero-order chi connectivity index (χ0) is 18.7. The second-order valence-corrected chi connectivity index (χ2v) is 6.34. The minimum absolute atomic E-state index is 0.309. The van der Waals surface area contributed by atoms with E-state index in [0.717, 1.165) is 5.56 Å². The van der Waals surface area contributed by atoms with Gasteiger partial charge in [-0.2, -0.15) is 0 Å². The van der Waals surface area contributed by atoms with Crippen molar-refractivity contribution in [2.45, 2.75) is 12.5 Å². The van der Waals surface area contributed by atoms with E-state index in [1.165, 1.54) is 7.11 Å². The average Bonchev–Trinajstić information content (AvgIpc) is 3.14. The van der Waals surface area contributed by atoms with Crippen LogP contribution < -0.4 is 14.8 Å². The third-order valence-electron chi connectivity index (χ3n) is 3.87. The molecule has 0 aromatic heterocycles. The highest BCUT2D eigenvalue weighted by Gasteiger charge is 2.29. The van der Waals surface area contributed by atoms with Crippen molar-refractivity contribution in [1.29, 1.82) is 0 Å². The normalized spacial score (nSPS) is 15.8. The molecule has 0 saturated heterocycles. The maximum Gasteiger partial charge on any atom is 0.268 e. The molecular formula is C18H16Cl2N2O4. The van der Waals surface area contributed by atoms with Crippen molar-refractivity contribution in [3.8, 4) is 11.5 Å². The standard InChI is InChI=1S/C18H16Cl2N2O4/c1-24-15-6-4-11(8-16(15)25-2)21-18(23)17-9-14(22-26-17)10-3-5-12(19)13(20)7-10/h3-8,17H,9H2,1-2H3,(H,21,23)/t17-/m1/s1. The van der Waals surface area contributed by atoms with Crippen molar-refractivity contribution in [2.24, 2.45) is 5.16 Å². The molecule has 6 nitrogen and oxygen atoms in total. The van der Waals surface area contributed by atoms with Gasteiger partial charge in [0.15, 0.2) is 11.5 Å². The lowest BCUT2D eigenvalue weighted by Gasteiger charge is -2.12. The minimum atomic E-state index is -0.729. The Labute approximate surface area is 160 Å². The lowest BCUT2D eigenvalue weighted by atomic mass is 10.0. The molecule has 1 amide bonds. The Morgan fingerprint density at radius 1 is 1.12 bits per heavy atom. The van der Waals surface area contributed by atoms with Crippen molar-refractivity contribution in [3.05, 3.63) is 52.0 Å². The number of hydrogen-bond acceptors (Lipinski definition) is 5. The van der Waals surface area contributed by atoms with Gasteiger partial charge >= 0.3 is 0 Å². The van der Waals surface area contributed by atoms with Crippen molar-refractivity contribution >= 4 is 40.5 Å². The number of carbonyl (C=O) groups is 1. The summed E-state index contributed by atoms with van der Waals surface area (Å²) in [4.78, 5) is 17.7. The fraction of sp³-hybridized carbons (Fsp3) is 0.222. The van der Waals surface area contributed by atoms with E-state index in [1.807, 2.05) is 0 Å². The maximum atomic E-state index is 12.4. The lowest BCUT2D eigenvalue weighted by molar-refractivity contribution is -0.125. The van der Waals surface area contributed by atoms with Gasteiger partial charge in [0.25, 0.3) is 5.91 Å². The molecule has 0 fully saturated rings. The first-order chi connectivity index (χ1) is 12.5. The second-order valence-electron chi connectivity index (χ2n) is 5.52. The van der Waals surface area contributed by atoms with Crippen LogP contribution >= 0.6 is 23.2 Å². The van der Waals surface area contributed by atoms with Crippen LogP contribution in [0.5, 0.6) is 11.5 Å². The number of benzene rings is 2. The van der Waals surface area contributed by atoms with Crippen LogP contribution in [0.15, 0.2) is 41.6 Å². The first kappa shape index (κ1) is 18.4. The molecule has 3 rings (SSSR count). The molecule has 1 atom stereocenters. The molecule has 0 radical (unpaired) electrons. The number of nitrogens with one attached hydrogen (secondary N) is 1. The third-order valence-corrected chi connectivity index (χ3v) is 4.60. The van der Waals surface area contributed by atoms with E-state index in [9.17, 15) is 4.79 Å². The van der Waals surface area contributed by atoms with Gasteiger partial charge in [-0.15, -0.1) is 0 Å². The zero-order valence-electron chi connectivity index (χ0n) is 14.1. The van der Waals surface area contributed by atoms with E-state index in [4.69, 9.17) is 37.5 Å². The van der Waals surface area contributed by atoms with Gasteiger partial charge in [-0.05, 0) is 24.3 Å². The van der Waals surface area contributed by atoms with Gasteiger partial charge < -0.3 is 19.6 Å². The fourth-order valence-corrected chi connectivity index (χ4v) is 2.80. The summed E-state index contributed by atoms with van der Waals surface area (Å²) in [6.07, 6.45) is -0.399. The number of anilines is 1. The smallest absolute Gasteiger partial charge is 0.268 e. The zero-order valence-corrected chi connectivity index (χ0v) is 15.6. The summed E-state index contributed by atoms with van der Waals surface area (Å²) in [5.74, 6) is 0.786. The largest absolute Gasteiger partial charge is 0.493 e. The molecule has 1 aliphatic heterocycles. The average molecular weight is 395 g/mol. The minimum Gasteiger partial charge on any atom is -0.493 e. The Balaban J connectivity index is 1.66. The number of carbonyl (C=O) groups excluding carboxylic acids is 1. The van der Waals surface area contributed by atoms with Crippen LogP contribution in [0.4, 0.5) is 5.69 Å². The van der Waals surface area contributed by atoms with E-state index in [0.29, 0.717) is 39.4 Å². The highest BCUT2D eigenvalue weighted by molar-refractivity contribution is 6.42. The quantitative estimate of drug-likeness (QED) is 0.826. The molecule has 0 aliphatic carbocycles. The Kier molecular flexibility index (Phi) is 5.54. The number of hydrogen-bond donors (Lipinski definition) is 1. The fourth-order valence-electron chi connectivity index (χ4n) is 2.50. The third kappa shape index (κ3) is 3.86. The van der Waals surface area contributed by atoms with E-state index in [2.05, 4.69) is 10.5 Å². The number of ether oxygens (including phenoxy) is 2.